The van der Waals surface area contributed by atoms with Gasteiger partial charge in [-0.1, -0.05) is 18.2 Å². The Morgan fingerprint density at radius 1 is 1.05 bits per heavy atom. The van der Waals surface area contributed by atoms with Gasteiger partial charge < -0.3 is 4.90 Å². The highest BCUT2D eigenvalue weighted by atomic mass is 19.1. The lowest BCUT2D eigenvalue weighted by Crippen LogP contribution is -2.20. The third-order valence-electron chi connectivity index (χ3n) is 2.87. The Bertz CT molecular complexity index is 598. The molecule has 2 aromatic rings. The maximum Gasteiger partial charge on any atom is 0.152 e. The molecule has 0 heterocycles. The van der Waals surface area contributed by atoms with Crippen molar-refractivity contribution in [1.29, 1.82) is 0 Å². The number of aldehydes is 1. The van der Waals surface area contributed by atoms with Gasteiger partial charge in [0.2, 0.25) is 0 Å². The molecule has 0 N–H and O–H groups in total. The number of carbonyl (C=O) groups is 1. The molecule has 2 nitrogen and oxygen atoms in total. The zero-order valence-electron chi connectivity index (χ0n) is 10.4. The standard InChI is InChI=1S/C15H13F2NO/c1-2-18(14-9-4-3-7-12(14)16)15-11(10-19)6-5-8-13(15)17/h3-10H,2H2,1H3. The third kappa shape index (κ3) is 2.47. The number of rotatable bonds is 4. The zero-order chi connectivity index (χ0) is 13.8. The van der Waals surface area contributed by atoms with Crippen molar-refractivity contribution in [3.05, 3.63) is 59.7 Å². The Morgan fingerprint density at radius 2 is 1.74 bits per heavy atom. The van der Waals surface area contributed by atoms with Gasteiger partial charge in [-0.3, -0.25) is 4.79 Å². The normalized spacial score (nSPS) is 10.3. The molecule has 0 saturated heterocycles. The van der Waals surface area contributed by atoms with Crippen LogP contribution in [-0.2, 0) is 0 Å². The maximum absolute atomic E-state index is 14.0. The van der Waals surface area contributed by atoms with Gasteiger partial charge in [0.15, 0.2) is 6.29 Å². The van der Waals surface area contributed by atoms with Gasteiger partial charge in [0.25, 0.3) is 0 Å². The molecule has 0 aromatic heterocycles. The number of anilines is 2. The lowest BCUT2D eigenvalue weighted by Gasteiger charge is -2.25. The van der Waals surface area contributed by atoms with E-state index in [0.29, 0.717) is 12.8 Å². The summed E-state index contributed by atoms with van der Waals surface area (Å²) >= 11 is 0. The summed E-state index contributed by atoms with van der Waals surface area (Å²) < 4.78 is 27.8. The first-order valence-corrected chi connectivity index (χ1v) is 5.94. The highest BCUT2D eigenvalue weighted by Gasteiger charge is 2.18. The Balaban J connectivity index is 2.61. The molecule has 0 aliphatic rings. The number of nitrogens with zero attached hydrogens (tertiary/aromatic N) is 1. The quantitative estimate of drug-likeness (QED) is 0.777. The van der Waals surface area contributed by atoms with E-state index in [1.165, 1.54) is 29.2 Å². The monoisotopic (exact) mass is 261 g/mol. The Hall–Kier alpha value is -2.23. The smallest absolute Gasteiger partial charge is 0.152 e. The Kier molecular flexibility index (Phi) is 3.90. The predicted octanol–water partition coefficient (Wildman–Crippen LogP) is 3.94. The molecule has 0 bridgehead atoms. The minimum Gasteiger partial charge on any atom is -0.336 e. The second-order valence-electron chi connectivity index (χ2n) is 3.99. The van der Waals surface area contributed by atoms with Gasteiger partial charge in [0.05, 0.1) is 11.4 Å². The lowest BCUT2D eigenvalue weighted by molar-refractivity contribution is 0.112. The van der Waals surface area contributed by atoms with E-state index >= 15 is 0 Å². The van der Waals surface area contributed by atoms with Crippen molar-refractivity contribution >= 4 is 17.7 Å². The van der Waals surface area contributed by atoms with Crippen molar-refractivity contribution in [2.24, 2.45) is 0 Å². The highest BCUT2D eigenvalue weighted by Crippen LogP contribution is 2.31. The van der Waals surface area contributed by atoms with Gasteiger partial charge in [-0.2, -0.15) is 0 Å². The van der Waals surface area contributed by atoms with Crippen LogP contribution in [0.15, 0.2) is 42.5 Å². The van der Waals surface area contributed by atoms with E-state index in [0.717, 1.165) is 0 Å². The van der Waals surface area contributed by atoms with Crippen LogP contribution in [0.2, 0.25) is 0 Å². The molecule has 0 amide bonds. The molecule has 0 fully saturated rings. The minimum atomic E-state index is -0.547. The summed E-state index contributed by atoms with van der Waals surface area (Å²) in [6.07, 6.45) is 0.571. The summed E-state index contributed by atoms with van der Waals surface area (Å²) in [4.78, 5) is 12.5. The number of halogens is 2. The first-order valence-electron chi connectivity index (χ1n) is 5.94. The van der Waals surface area contributed by atoms with E-state index in [1.807, 2.05) is 0 Å². The number of carbonyl (C=O) groups excluding carboxylic acids is 1. The molecule has 4 heteroatoms. The van der Waals surface area contributed by atoms with Crippen LogP contribution in [0.3, 0.4) is 0 Å². The molecule has 0 aliphatic carbocycles. The van der Waals surface area contributed by atoms with Crippen LogP contribution in [0, 0.1) is 11.6 Å². The van der Waals surface area contributed by atoms with Crippen molar-refractivity contribution in [3.8, 4) is 0 Å². The van der Waals surface area contributed by atoms with Gasteiger partial charge in [-0.15, -0.1) is 0 Å². The number of hydrogen-bond donors (Lipinski definition) is 0. The largest absolute Gasteiger partial charge is 0.336 e. The lowest BCUT2D eigenvalue weighted by atomic mass is 10.1. The van der Waals surface area contributed by atoms with Gasteiger partial charge >= 0.3 is 0 Å². The average molecular weight is 261 g/mol. The molecular formula is C15H13F2NO. The van der Waals surface area contributed by atoms with Crippen molar-refractivity contribution in [1.82, 2.24) is 0 Å². The molecule has 0 radical (unpaired) electrons. The molecule has 98 valence electrons. The average Bonchev–Trinajstić information content (AvgIpc) is 2.43. The van der Waals surface area contributed by atoms with Gasteiger partial charge in [-0.05, 0) is 31.2 Å². The first kappa shape index (κ1) is 13.2. The second-order valence-corrected chi connectivity index (χ2v) is 3.99. The van der Waals surface area contributed by atoms with Crippen LogP contribution in [0.5, 0.6) is 0 Å². The van der Waals surface area contributed by atoms with Crippen LogP contribution in [-0.4, -0.2) is 12.8 Å². The summed E-state index contributed by atoms with van der Waals surface area (Å²) in [6, 6.07) is 10.3. The Morgan fingerprint density at radius 3 is 2.37 bits per heavy atom. The third-order valence-corrected chi connectivity index (χ3v) is 2.87. The van der Waals surface area contributed by atoms with Crippen molar-refractivity contribution in [2.45, 2.75) is 6.92 Å². The Labute approximate surface area is 110 Å². The summed E-state index contributed by atoms with van der Waals surface area (Å²) in [5.41, 5.74) is 0.549. The fourth-order valence-electron chi connectivity index (χ4n) is 2.03. The molecule has 19 heavy (non-hydrogen) atoms. The van der Waals surface area contributed by atoms with E-state index in [9.17, 15) is 13.6 Å². The van der Waals surface area contributed by atoms with Crippen LogP contribution in [0.4, 0.5) is 20.2 Å². The summed E-state index contributed by atoms with van der Waals surface area (Å²) in [7, 11) is 0. The van der Waals surface area contributed by atoms with Gasteiger partial charge in [0, 0.05) is 12.1 Å². The minimum absolute atomic E-state index is 0.102. The predicted molar refractivity (Wildman–Crippen MR) is 70.9 cm³/mol. The number of benzene rings is 2. The molecule has 0 aliphatic heterocycles. The molecule has 2 rings (SSSR count). The fourth-order valence-corrected chi connectivity index (χ4v) is 2.03. The van der Waals surface area contributed by atoms with Crippen molar-refractivity contribution in [2.75, 3.05) is 11.4 Å². The van der Waals surface area contributed by atoms with Crippen LogP contribution in [0.25, 0.3) is 0 Å². The molecule has 0 atom stereocenters. The van der Waals surface area contributed by atoms with Crippen LogP contribution >= 0.6 is 0 Å². The molecule has 2 aromatic carbocycles. The fraction of sp³-hybridized carbons (Fsp3) is 0.133. The summed E-state index contributed by atoms with van der Waals surface area (Å²) in [5, 5.41) is 0. The van der Waals surface area contributed by atoms with Crippen molar-refractivity contribution in [3.63, 3.8) is 0 Å². The molecule has 0 spiro atoms. The number of hydrogen-bond acceptors (Lipinski definition) is 2. The topological polar surface area (TPSA) is 20.3 Å². The van der Waals surface area contributed by atoms with Gasteiger partial charge in [0.1, 0.15) is 11.6 Å². The van der Waals surface area contributed by atoms with E-state index in [2.05, 4.69) is 0 Å². The maximum atomic E-state index is 14.0. The first-order chi connectivity index (χ1) is 9.19. The SMILES string of the molecule is CCN(c1ccccc1F)c1c(F)cccc1C=O. The van der Waals surface area contributed by atoms with E-state index in [4.69, 9.17) is 0 Å². The summed E-state index contributed by atoms with van der Waals surface area (Å²) in [5.74, 6) is -1.00. The van der Waals surface area contributed by atoms with E-state index in [1.54, 1.807) is 25.1 Å². The highest BCUT2D eigenvalue weighted by molar-refractivity contribution is 5.87. The van der Waals surface area contributed by atoms with Crippen LogP contribution < -0.4 is 4.90 Å². The van der Waals surface area contributed by atoms with Crippen molar-refractivity contribution < 1.29 is 13.6 Å². The molecule has 0 unspecified atom stereocenters. The molecular weight excluding hydrogens is 248 g/mol. The zero-order valence-corrected chi connectivity index (χ0v) is 10.4. The second kappa shape index (κ2) is 5.61. The van der Waals surface area contributed by atoms with E-state index in [-0.39, 0.29) is 16.9 Å². The molecule has 0 saturated carbocycles. The number of para-hydroxylation sites is 2. The van der Waals surface area contributed by atoms with E-state index < -0.39 is 11.6 Å². The van der Waals surface area contributed by atoms with Gasteiger partial charge in [-0.25, -0.2) is 8.78 Å². The van der Waals surface area contributed by atoms with Crippen LogP contribution in [0.1, 0.15) is 17.3 Å². The summed E-state index contributed by atoms with van der Waals surface area (Å²) in [6.45, 7) is 2.12.